The van der Waals surface area contributed by atoms with E-state index in [0.29, 0.717) is 6.04 Å². The summed E-state index contributed by atoms with van der Waals surface area (Å²) in [5.41, 5.74) is 0. The van der Waals surface area contributed by atoms with Gasteiger partial charge in [0.25, 0.3) is 0 Å². The second kappa shape index (κ2) is 7.53. The van der Waals surface area contributed by atoms with Gasteiger partial charge in [-0.25, -0.2) is 0 Å². The van der Waals surface area contributed by atoms with Gasteiger partial charge in [0.1, 0.15) is 0 Å². The number of hydrogen-bond acceptors (Lipinski definition) is 3. The van der Waals surface area contributed by atoms with Crippen LogP contribution in [0.25, 0.3) is 0 Å². The maximum absolute atomic E-state index is 3.82. The molecule has 0 aliphatic carbocycles. The minimum atomic E-state index is 0.716. The Labute approximate surface area is 99.2 Å². The standard InChI is InChI=1S/C12H26N2S/c1-4-11(10-15-3)13-12-6-5-8-14(2)9-7-12/h11-13H,4-10H2,1-3H3. The molecule has 0 aromatic heterocycles. The fraction of sp³-hybridized carbons (Fsp3) is 1.00. The highest BCUT2D eigenvalue weighted by Crippen LogP contribution is 2.12. The van der Waals surface area contributed by atoms with Crippen LogP contribution in [0.2, 0.25) is 0 Å². The molecule has 0 aromatic rings. The normalized spacial score (nSPS) is 26.2. The molecule has 1 N–H and O–H groups in total. The van der Waals surface area contributed by atoms with Crippen molar-refractivity contribution in [3.63, 3.8) is 0 Å². The zero-order valence-corrected chi connectivity index (χ0v) is 11.3. The largest absolute Gasteiger partial charge is 0.310 e. The second-order valence-corrected chi connectivity index (χ2v) is 5.57. The monoisotopic (exact) mass is 230 g/mol. The first kappa shape index (κ1) is 13.3. The molecule has 2 nitrogen and oxygen atoms in total. The van der Waals surface area contributed by atoms with Gasteiger partial charge in [0.15, 0.2) is 0 Å². The molecule has 2 atom stereocenters. The number of likely N-dealkylation sites (tertiary alicyclic amines) is 1. The van der Waals surface area contributed by atoms with E-state index in [9.17, 15) is 0 Å². The molecule has 15 heavy (non-hydrogen) atoms. The summed E-state index contributed by atoms with van der Waals surface area (Å²) in [4.78, 5) is 2.46. The Morgan fingerprint density at radius 3 is 2.87 bits per heavy atom. The molecule has 0 saturated carbocycles. The molecule has 1 aliphatic heterocycles. The van der Waals surface area contributed by atoms with Gasteiger partial charge in [-0.05, 0) is 52.1 Å². The van der Waals surface area contributed by atoms with Gasteiger partial charge in [-0.15, -0.1) is 0 Å². The van der Waals surface area contributed by atoms with Gasteiger partial charge < -0.3 is 10.2 Å². The predicted octanol–water partition coefficient (Wildman–Crippen LogP) is 2.20. The minimum absolute atomic E-state index is 0.716. The zero-order valence-electron chi connectivity index (χ0n) is 10.5. The summed E-state index contributed by atoms with van der Waals surface area (Å²) < 4.78 is 0. The lowest BCUT2D eigenvalue weighted by Gasteiger charge is -2.23. The fourth-order valence-corrected chi connectivity index (χ4v) is 2.96. The molecule has 3 heteroatoms. The molecule has 0 amide bonds. The molecule has 0 bridgehead atoms. The van der Waals surface area contributed by atoms with Crippen LogP contribution >= 0.6 is 11.8 Å². The third-order valence-electron chi connectivity index (χ3n) is 3.28. The van der Waals surface area contributed by atoms with Crippen molar-refractivity contribution in [3.05, 3.63) is 0 Å². The summed E-state index contributed by atoms with van der Waals surface area (Å²) in [5.74, 6) is 1.25. The number of nitrogens with zero attached hydrogens (tertiary/aromatic N) is 1. The van der Waals surface area contributed by atoms with Crippen LogP contribution in [-0.2, 0) is 0 Å². The predicted molar refractivity (Wildman–Crippen MR) is 70.7 cm³/mol. The molecule has 1 rings (SSSR count). The highest BCUT2D eigenvalue weighted by molar-refractivity contribution is 7.98. The summed E-state index contributed by atoms with van der Waals surface area (Å²) in [7, 11) is 2.24. The van der Waals surface area contributed by atoms with Crippen molar-refractivity contribution in [2.24, 2.45) is 0 Å². The van der Waals surface area contributed by atoms with Crippen LogP contribution in [-0.4, -0.2) is 49.1 Å². The van der Waals surface area contributed by atoms with Crippen molar-refractivity contribution in [3.8, 4) is 0 Å². The highest BCUT2D eigenvalue weighted by Gasteiger charge is 2.17. The van der Waals surface area contributed by atoms with Gasteiger partial charge in [-0.3, -0.25) is 0 Å². The number of nitrogens with one attached hydrogen (secondary N) is 1. The minimum Gasteiger partial charge on any atom is -0.310 e. The number of hydrogen-bond donors (Lipinski definition) is 1. The Hall–Kier alpha value is 0.270. The third kappa shape index (κ3) is 5.23. The summed E-state index contributed by atoms with van der Waals surface area (Å²) in [5, 5.41) is 3.82. The van der Waals surface area contributed by atoms with Crippen LogP contribution in [0.3, 0.4) is 0 Å². The molecule has 0 spiro atoms. The van der Waals surface area contributed by atoms with Gasteiger partial charge in [0.05, 0.1) is 0 Å². The van der Waals surface area contributed by atoms with E-state index in [2.05, 4.69) is 30.4 Å². The van der Waals surface area contributed by atoms with Gasteiger partial charge in [0.2, 0.25) is 0 Å². The van der Waals surface area contributed by atoms with E-state index in [1.165, 1.54) is 44.5 Å². The summed E-state index contributed by atoms with van der Waals surface area (Å²) >= 11 is 1.96. The van der Waals surface area contributed by atoms with Crippen LogP contribution in [0, 0.1) is 0 Å². The van der Waals surface area contributed by atoms with Crippen LogP contribution in [0.15, 0.2) is 0 Å². The Morgan fingerprint density at radius 2 is 2.20 bits per heavy atom. The Bertz CT molecular complexity index is 164. The smallest absolute Gasteiger partial charge is 0.0158 e. The van der Waals surface area contributed by atoms with Gasteiger partial charge in [-0.2, -0.15) is 11.8 Å². The molecule has 1 fully saturated rings. The number of rotatable bonds is 5. The van der Waals surface area contributed by atoms with Gasteiger partial charge in [-0.1, -0.05) is 6.92 Å². The van der Waals surface area contributed by atoms with Crippen LogP contribution in [0.4, 0.5) is 0 Å². The van der Waals surface area contributed by atoms with E-state index in [1.807, 2.05) is 11.8 Å². The summed E-state index contributed by atoms with van der Waals surface area (Å²) in [6, 6.07) is 1.47. The molecule has 1 saturated heterocycles. The van der Waals surface area contributed by atoms with Gasteiger partial charge in [0, 0.05) is 17.8 Å². The summed E-state index contributed by atoms with van der Waals surface area (Å²) in [6.45, 7) is 4.82. The topological polar surface area (TPSA) is 15.3 Å². The summed E-state index contributed by atoms with van der Waals surface area (Å²) in [6.07, 6.45) is 7.48. The SMILES string of the molecule is CCC(CSC)NC1CCCN(C)CC1. The van der Waals surface area contributed by atoms with E-state index in [1.54, 1.807) is 0 Å². The fourth-order valence-electron chi connectivity index (χ4n) is 2.22. The lowest BCUT2D eigenvalue weighted by Crippen LogP contribution is -2.40. The lowest BCUT2D eigenvalue weighted by molar-refractivity contribution is 0.339. The van der Waals surface area contributed by atoms with Crippen molar-refractivity contribution in [2.45, 2.75) is 44.7 Å². The Balaban J connectivity index is 2.29. The average Bonchev–Trinajstić information content (AvgIpc) is 2.43. The molecular formula is C12H26N2S. The maximum atomic E-state index is 3.82. The van der Waals surface area contributed by atoms with Crippen LogP contribution in [0.1, 0.15) is 32.6 Å². The molecule has 0 aromatic carbocycles. The zero-order chi connectivity index (χ0) is 11.1. The molecule has 1 heterocycles. The molecule has 90 valence electrons. The first-order chi connectivity index (χ1) is 7.26. The first-order valence-corrected chi connectivity index (χ1v) is 7.59. The second-order valence-electron chi connectivity index (χ2n) is 4.66. The van der Waals surface area contributed by atoms with Crippen molar-refractivity contribution in [2.75, 3.05) is 32.1 Å². The third-order valence-corrected chi connectivity index (χ3v) is 4.02. The first-order valence-electron chi connectivity index (χ1n) is 6.19. The Morgan fingerprint density at radius 1 is 1.40 bits per heavy atom. The van der Waals surface area contributed by atoms with E-state index in [-0.39, 0.29) is 0 Å². The van der Waals surface area contributed by atoms with E-state index in [4.69, 9.17) is 0 Å². The highest BCUT2D eigenvalue weighted by atomic mass is 32.2. The molecule has 1 aliphatic rings. The Kier molecular flexibility index (Phi) is 6.69. The van der Waals surface area contributed by atoms with Crippen molar-refractivity contribution < 1.29 is 0 Å². The average molecular weight is 230 g/mol. The maximum Gasteiger partial charge on any atom is 0.0158 e. The number of thioether (sulfide) groups is 1. The lowest BCUT2D eigenvalue weighted by atomic mass is 10.1. The molecule has 2 unspecified atom stereocenters. The van der Waals surface area contributed by atoms with Crippen molar-refractivity contribution in [1.82, 2.24) is 10.2 Å². The quantitative estimate of drug-likeness (QED) is 0.779. The van der Waals surface area contributed by atoms with E-state index < -0.39 is 0 Å². The van der Waals surface area contributed by atoms with Gasteiger partial charge >= 0.3 is 0 Å². The molecular weight excluding hydrogens is 204 g/mol. The van der Waals surface area contributed by atoms with E-state index >= 15 is 0 Å². The van der Waals surface area contributed by atoms with Crippen molar-refractivity contribution in [1.29, 1.82) is 0 Å². The molecule has 0 radical (unpaired) electrons. The van der Waals surface area contributed by atoms with Crippen LogP contribution < -0.4 is 5.32 Å². The van der Waals surface area contributed by atoms with Crippen molar-refractivity contribution >= 4 is 11.8 Å². The van der Waals surface area contributed by atoms with E-state index in [0.717, 1.165) is 6.04 Å². The van der Waals surface area contributed by atoms with Crippen LogP contribution in [0.5, 0.6) is 0 Å².